The van der Waals surface area contributed by atoms with Gasteiger partial charge in [0.1, 0.15) is 122 Å². The van der Waals surface area contributed by atoms with E-state index in [9.17, 15) is 86.8 Å². The number of rotatable bonds is 13. The summed E-state index contributed by atoms with van der Waals surface area (Å²) >= 11 is 0. The molecular weight excluding hydrogens is 776 g/mol. The van der Waals surface area contributed by atoms with Crippen LogP contribution in [0.5, 0.6) is 0 Å². The van der Waals surface area contributed by atoms with Gasteiger partial charge in [0.05, 0.1) is 33.0 Å². The quantitative estimate of drug-likeness (QED) is 0.0819. The first-order valence-electron chi connectivity index (χ1n) is 17.6. The molecular formula is C30H52O26. The Morgan fingerprint density at radius 1 is 0.304 bits per heavy atom. The summed E-state index contributed by atoms with van der Waals surface area (Å²) in [7, 11) is 0. The van der Waals surface area contributed by atoms with Crippen molar-refractivity contribution in [3.8, 4) is 0 Å². The SMILES string of the molecule is OC[C@H]1O[C@H](OC[C@H]2O[C@H](O[C@@H]3[C@@H](O)[C@@H](O[C@H]4[C@H](O)[C@@H](O)C(O)O[C@@H]4CO)O[C@H](CO[C@H]4O[C@H](CO)[C@@H](O)[C@H](O)[C@H]4O)[C@H]3O)[C@H](O)[C@@H](O)[C@@H]2O)[C@H](O)[C@@H](O)[C@@H]1O. The van der Waals surface area contributed by atoms with E-state index in [0.717, 1.165) is 0 Å². The molecule has 0 spiro atoms. The van der Waals surface area contributed by atoms with Crippen LogP contribution in [0.1, 0.15) is 0 Å². The van der Waals surface area contributed by atoms with Crippen molar-refractivity contribution in [1.29, 1.82) is 0 Å². The maximum atomic E-state index is 11.4. The van der Waals surface area contributed by atoms with Gasteiger partial charge in [0.15, 0.2) is 31.5 Å². The molecule has 56 heavy (non-hydrogen) atoms. The summed E-state index contributed by atoms with van der Waals surface area (Å²) in [6, 6.07) is 0. The third-order valence-corrected chi connectivity index (χ3v) is 10.3. The summed E-state index contributed by atoms with van der Waals surface area (Å²) in [4.78, 5) is 0. The molecule has 25 atom stereocenters. The monoisotopic (exact) mass is 828 g/mol. The van der Waals surface area contributed by atoms with Gasteiger partial charge in [0, 0.05) is 0 Å². The Morgan fingerprint density at radius 3 is 1.14 bits per heavy atom. The normalized spacial score (nSPS) is 53.2. The fraction of sp³-hybridized carbons (Fsp3) is 1.00. The number of aliphatic hydroxyl groups excluding tert-OH is 17. The van der Waals surface area contributed by atoms with Gasteiger partial charge in [-0.3, -0.25) is 0 Å². The van der Waals surface area contributed by atoms with Gasteiger partial charge in [-0.25, -0.2) is 0 Å². The van der Waals surface area contributed by atoms with Crippen LogP contribution >= 0.6 is 0 Å². The summed E-state index contributed by atoms with van der Waals surface area (Å²) in [5.74, 6) is 0. The molecule has 0 aromatic heterocycles. The molecule has 5 fully saturated rings. The molecule has 328 valence electrons. The molecule has 0 bridgehead atoms. The average Bonchev–Trinajstić information content (AvgIpc) is 3.18. The lowest BCUT2D eigenvalue weighted by Gasteiger charge is -2.48. The van der Waals surface area contributed by atoms with Crippen LogP contribution in [0.3, 0.4) is 0 Å². The van der Waals surface area contributed by atoms with Gasteiger partial charge in [-0.1, -0.05) is 0 Å². The van der Waals surface area contributed by atoms with Crippen LogP contribution in [-0.2, 0) is 42.6 Å². The predicted octanol–water partition coefficient (Wildman–Crippen LogP) is -11.9. The summed E-state index contributed by atoms with van der Waals surface area (Å²) in [5, 5.41) is 176. The Balaban J connectivity index is 1.34. The maximum absolute atomic E-state index is 11.4. The Bertz CT molecular complexity index is 1200. The van der Waals surface area contributed by atoms with Crippen LogP contribution in [0.2, 0.25) is 0 Å². The van der Waals surface area contributed by atoms with Crippen LogP contribution < -0.4 is 0 Å². The van der Waals surface area contributed by atoms with E-state index in [0.29, 0.717) is 0 Å². The summed E-state index contributed by atoms with van der Waals surface area (Å²) < 4.78 is 49.2. The topological polar surface area (TPSA) is 427 Å². The number of aliphatic hydroxyl groups is 17. The lowest BCUT2D eigenvalue weighted by Crippen LogP contribution is -2.67. The summed E-state index contributed by atoms with van der Waals surface area (Å²) in [6.07, 6.45) is -46.2. The zero-order chi connectivity index (χ0) is 41.3. The molecule has 0 radical (unpaired) electrons. The Hall–Kier alpha value is -1.04. The Morgan fingerprint density at radius 2 is 0.679 bits per heavy atom. The lowest BCUT2D eigenvalue weighted by atomic mass is 9.96. The van der Waals surface area contributed by atoms with E-state index in [1.165, 1.54) is 0 Å². The molecule has 0 aliphatic carbocycles. The number of hydrogen-bond acceptors (Lipinski definition) is 26. The average molecular weight is 829 g/mol. The molecule has 1 unspecified atom stereocenters. The van der Waals surface area contributed by atoms with Gasteiger partial charge in [0.2, 0.25) is 0 Å². The molecule has 5 aliphatic rings. The minimum absolute atomic E-state index is 0.774. The second kappa shape index (κ2) is 19.6. The second-order valence-electron chi connectivity index (χ2n) is 14.0. The largest absolute Gasteiger partial charge is 0.394 e. The third-order valence-electron chi connectivity index (χ3n) is 10.3. The standard InChI is InChI=1S/C30H52O26/c31-1-6-11(34)15(38)20(43)27(51-6)48-4-9-13(36)17(40)22(45)29(53-9)56-25-14(37)10(5-49-28-21(44)16(39)12(35)7(2-32)52-28)54-30(23(25)46)55-24-8(3-33)50-26(47)19(42)18(24)41/h6-47H,1-5H2/t6-,7-,8-,9-,10-,11-,12-,13-,14-,15+,16+,17+,18-,19-,20-,21-,22-,23-,24-,25+,26?,27+,28+,29-,30-/m1/s1. The lowest BCUT2D eigenvalue weighted by molar-refractivity contribution is -0.385. The molecule has 26 heteroatoms. The van der Waals surface area contributed by atoms with Crippen LogP contribution in [0.15, 0.2) is 0 Å². The van der Waals surface area contributed by atoms with Crippen molar-refractivity contribution < 1.29 is 129 Å². The molecule has 0 amide bonds. The molecule has 0 saturated carbocycles. The van der Waals surface area contributed by atoms with Crippen molar-refractivity contribution in [2.75, 3.05) is 33.0 Å². The molecule has 0 aromatic carbocycles. The number of hydrogen-bond donors (Lipinski definition) is 17. The highest BCUT2D eigenvalue weighted by atomic mass is 16.8. The van der Waals surface area contributed by atoms with Crippen molar-refractivity contribution >= 4 is 0 Å². The fourth-order valence-electron chi connectivity index (χ4n) is 6.81. The zero-order valence-electron chi connectivity index (χ0n) is 29.2. The first-order valence-corrected chi connectivity index (χ1v) is 17.6. The summed E-state index contributed by atoms with van der Waals surface area (Å²) in [5.41, 5.74) is 0. The molecule has 17 N–H and O–H groups in total. The van der Waals surface area contributed by atoms with Crippen LogP contribution in [0.4, 0.5) is 0 Å². The van der Waals surface area contributed by atoms with Crippen molar-refractivity contribution in [3.63, 3.8) is 0 Å². The van der Waals surface area contributed by atoms with E-state index >= 15 is 0 Å². The minimum atomic E-state index is -2.16. The molecule has 5 heterocycles. The highest BCUT2D eigenvalue weighted by Crippen LogP contribution is 2.34. The molecule has 5 rings (SSSR count). The van der Waals surface area contributed by atoms with Crippen molar-refractivity contribution in [1.82, 2.24) is 0 Å². The van der Waals surface area contributed by atoms with E-state index in [4.69, 9.17) is 42.6 Å². The van der Waals surface area contributed by atoms with E-state index in [2.05, 4.69) is 0 Å². The van der Waals surface area contributed by atoms with Gasteiger partial charge in [-0.15, -0.1) is 0 Å². The third kappa shape index (κ3) is 9.46. The van der Waals surface area contributed by atoms with Crippen molar-refractivity contribution in [3.05, 3.63) is 0 Å². The van der Waals surface area contributed by atoms with Crippen molar-refractivity contribution in [2.45, 2.75) is 154 Å². The first kappa shape index (κ1) is 46.0. The summed E-state index contributed by atoms with van der Waals surface area (Å²) in [6.45, 7) is -4.11. The van der Waals surface area contributed by atoms with Crippen LogP contribution in [0.25, 0.3) is 0 Å². The zero-order valence-corrected chi connectivity index (χ0v) is 29.2. The smallest absolute Gasteiger partial charge is 0.187 e. The molecule has 5 saturated heterocycles. The Kier molecular flexibility index (Phi) is 16.1. The van der Waals surface area contributed by atoms with Gasteiger partial charge in [-0.2, -0.15) is 0 Å². The molecule has 5 aliphatic heterocycles. The number of ether oxygens (including phenoxy) is 9. The van der Waals surface area contributed by atoms with E-state index in [-0.39, 0.29) is 0 Å². The Labute approximate surface area is 316 Å². The predicted molar refractivity (Wildman–Crippen MR) is 167 cm³/mol. The van der Waals surface area contributed by atoms with Crippen LogP contribution in [-0.4, -0.2) is 273 Å². The minimum Gasteiger partial charge on any atom is -0.394 e. The second-order valence-corrected chi connectivity index (χ2v) is 14.0. The van der Waals surface area contributed by atoms with Gasteiger partial charge >= 0.3 is 0 Å². The van der Waals surface area contributed by atoms with Gasteiger partial charge < -0.3 is 129 Å². The first-order chi connectivity index (χ1) is 26.4. The highest BCUT2D eigenvalue weighted by molar-refractivity contribution is 4.97. The van der Waals surface area contributed by atoms with E-state index in [1.807, 2.05) is 0 Å². The van der Waals surface area contributed by atoms with Gasteiger partial charge in [-0.05, 0) is 0 Å². The van der Waals surface area contributed by atoms with E-state index < -0.39 is 187 Å². The van der Waals surface area contributed by atoms with Gasteiger partial charge in [0.25, 0.3) is 0 Å². The van der Waals surface area contributed by atoms with E-state index in [1.54, 1.807) is 0 Å². The molecule has 26 nitrogen and oxygen atoms in total. The molecule has 0 aromatic rings. The van der Waals surface area contributed by atoms with Crippen molar-refractivity contribution in [2.24, 2.45) is 0 Å². The maximum Gasteiger partial charge on any atom is 0.187 e. The highest BCUT2D eigenvalue weighted by Gasteiger charge is 2.55. The fourth-order valence-corrected chi connectivity index (χ4v) is 6.81. The van der Waals surface area contributed by atoms with Crippen LogP contribution in [0, 0.1) is 0 Å².